The minimum absolute atomic E-state index is 0. The van der Waals surface area contributed by atoms with Gasteiger partial charge in [0.1, 0.15) is 0 Å². The molecule has 0 radical (unpaired) electrons. The molecular weight excluding hydrogens is 443 g/mol. The lowest BCUT2D eigenvalue weighted by molar-refractivity contribution is -0.120. The van der Waals surface area contributed by atoms with Crippen LogP contribution in [0, 0.1) is 5.92 Å². The van der Waals surface area contributed by atoms with Crippen molar-refractivity contribution in [1.82, 2.24) is 4.98 Å². The molecule has 2 aromatic carbocycles. The van der Waals surface area contributed by atoms with Gasteiger partial charge in [-0.25, -0.2) is 4.98 Å². The highest BCUT2D eigenvalue weighted by Crippen LogP contribution is 2.31. The molecule has 0 bridgehead atoms. The number of carbonyl (C=O) groups excluding carboxylic acids is 1. The summed E-state index contributed by atoms with van der Waals surface area (Å²) in [5.74, 6) is -0.433. The van der Waals surface area contributed by atoms with Gasteiger partial charge in [0.2, 0.25) is 5.91 Å². The quantitative estimate of drug-likeness (QED) is 0.584. The Bertz CT molecular complexity index is 964. The highest BCUT2D eigenvalue weighted by atomic mass is 35.5. The van der Waals surface area contributed by atoms with Gasteiger partial charge in [-0.05, 0) is 23.8 Å². The topological polar surface area (TPSA) is 80.5 Å². The Morgan fingerprint density at radius 2 is 1.87 bits per heavy atom. The molecule has 30 heavy (non-hydrogen) atoms. The van der Waals surface area contributed by atoms with Gasteiger partial charge < -0.3 is 20.7 Å². The van der Waals surface area contributed by atoms with E-state index in [-0.39, 0.29) is 42.7 Å². The summed E-state index contributed by atoms with van der Waals surface area (Å²) >= 11 is 1.64. The number of fused-ring (bicyclic) bond motifs is 1. The second kappa shape index (κ2) is 10.9. The van der Waals surface area contributed by atoms with Crippen LogP contribution in [0.5, 0.6) is 0 Å². The van der Waals surface area contributed by atoms with E-state index in [0.717, 1.165) is 52.9 Å². The summed E-state index contributed by atoms with van der Waals surface area (Å²) in [5.41, 5.74) is 8.95. The molecule has 6 nitrogen and oxygen atoms in total. The summed E-state index contributed by atoms with van der Waals surface area (Å²) in [5, 5.41) is 4.00. The van der Waals surface area contributed by atoms with E-state index < -0.39 is 0 Å². The second-order valence-electron chi connectivity index (χ2n) is 6.99. The first kappa shape index (κ1) is 24.4. The first-order valence-corrected chi connectivity index (χ1v) is 10.3. The molecule has 2 heterocycles. The van der Waals surface area contributed by atoms with Gasteiger partial charge in [0, 0.05) is 24.8 Å². The second-order valence-corrected chi connectivity index (χ2v) is 8.00. The maximum atomic E-state index is 12.7. The van der Waals surface area contributed by atoms with Crippen molar-refractivity contribution in [2.24, 2.45) is 11.7 Å². The number of thiazole rings is 1. The number of nitrogens with one attached hydrogen (secondary N) is 1. The Hall–Kier alpha value is -1.90. The molecule has 1 saturated heterocycles. The normalized spacial score (nSPS) is 15.6. The van der Waals surface area contributed by atoms with Crippen LogP contribution in [0.2, 0.25) is 0 Å². The van der Waals surface area contributed by atoms with Crippen molar-refractivity contribution in [2.75, 3.05) is 36.5 Å². The fourth-order valence-corrected chi connectivity index (χ4v) is 4.32. The number of amides is 1. The highest BCUT2D eigenvalue weighted by Gasteiger charge is 2.22. The Balaban J connectivity index is 0.00000160. The number of benzene rings is 2. The molecule has 162 valence electrons. The van der Waals surface area contributed by atoms with Gasteiger partial charge in [-0.1, -0.05) is 48.6 Å². The van der Waals surface area contributed by atoms with Gasteiger partial charge in [-0.2, -0.15) is 0 Å². The molecule has 1 fully saturated rings. The van der Waals surface area contributed by atoms with Crippen LogP contribution in [0.1, 0.15) is 18.5 Å². The molecule has 1 aliphatic rings. The number of aromatic nitrogens is 1. The number of hydrogen-bond acceptors (Lipinski definition) is 6. The zero-order valence-corrected chi connectivity index (χ0v) is 19.1. The molecule has 4 rings (SSSR count). The minimum Gasteiger partial charge on any atom is -0.378 e. The van der Waals surface area contributed by atoms with Crippen LogP contribution >= 0.6 is 36.2 Å². The Kier molecular flexibility index (Phi) is 8.88. The number of rotatable bonds is 5. The van der Waals surface area contributed by atoms with Gasteiger partial charge in [-0.3, -0.25) is 4.79 Å². The van der Waals surface area contributed by atoms with Crippen molar-refractivity contribution in [2.45, 2.75) is 13.0 Å². The molecule has 3 aromatic rings. The number of halogens is 2. The monoisotopic (exact) mass is 468 g/mol. The average Bonchev–Trinajstić information content (AvgIpc) is 3.17. The molecule has 9 heteroatoms. The number of hydrogen-bond donors (Lipinski definition) is 2. The standard InChI is InChI=1S/C21H24N4O2S.2ClH/c1-14(19(22)15-5-3-2-4-6-15)20(26)23-16-7-8-17-18(13-16)28-21(24-17)25-9-11-27-12-10-25;;/h2-8,13-14,19H,9-12,22H2,1H3,(H,23,26);2*1H. The van der Waals surface area contributed by atoms with E-state index >= 15 is 0 Å². The smallest absolute Gasteiger partial charge is 0.229 e. The Morgan fingerprint density at radius 1 is 1.17 bits per heavy atom. The molecular formula is C21H26Cl2N4O2S. The largest absolute Gasteiger partial charge is 0.378 e. The molecule has 1 aliphatic heterocycles. The maximum absolute atomic E-state index is 12.7. The van der Waals surface area contributed by atoms with Gasteiger partial charge in [0.05, 0.1) is 29.3 Å². The third-order valence-corrected chi connectivity index (χ3v) is 6.14. The van der Waals surface area contributed by atoms with Crippen LogP contribution < -0.4 is 16.0 Å². The highest BCUT2D eigenvalue weighted by molar-refractivity contribution is 7.22. The summed E-state index contributed by atoms with van der Waals surface area (Å²) in [7, 11) is 0. The van der Waals surface area contributed by atoms with E-state index in [0.29, 0.717) is 0 Å². The molecule has 1 amide bonds. The van der Waals surface area contributed by atoms with E-state index in [2.05, 4.69) is 10.2 Å². The zero-order chi connectivity index (χ0) is 19.5. The summed E-state index contributed by atoms with van der Waals surface area (Å²) in [6, 6.07) is 15.2. The van der Waals surface area contributed by atoms with E-state index in [9.17, 15) is 4.79 Å². The summed E-state index contributed by atoms with van der Waals surface area (Å²) < 4.78 is 6.46. The minimum atomic E-state index is -0.346. The molecule has 1 aromatic heterocycles. The summed E-state index contributed by atoms with van der Waals surface area (Å²) in [4.78, 5) is 19.6. The van der Waals surface area contributed by atoms with E-state index in [1.807, 2.05) is 55.5 Å². The van der Waals surface area contributed by atoms with Crippen LogP contribution in [0.4, 0.5) is 10.8 Å². The first-order chi connectivity index (χ1) is 13.6. The van der Waals surface area contributed by atoms with Gasteiger partial charge in [0.15, 0.2) is 5.13 Å². The number of nitrogens with two attached hydrogens (primary N) is 1. The lowest BCUT2D eigenvalue weighted by atomic mass is 9.94. The van der Waals surface area contributed by atoms with Crippen molar-refractivity contribution in [3.05, 3.63) is 54.1 Å². The molecule has 3 N–H and O–H groups in total. The van der Waals surface area contributed by atoms with Crippen molar-refractivity contribution < 1.29 is 9.53 Å². The third-order valence-electron chi connectivity index (χ3n) is 5.06. The zero-order valence-electron chi connectivity index (χ0n) is 16.6. The molecule has 2 atom stereocenters. The molecule has 0 spiro atoms. The molecule has 2 unspecified atom stereocenters. The molecule has 0 aliphatic carbocycles. The molecule has 0 saturated carbocycles. The van der Waals surface area contributed by atoms with Crippen LogP contribution in [-0.4, -0.2) is 37.2 Å². The van der Waals surface area contributed by atoms with E-state index in [1.165, 1.54) is 0 Å². The van der Waals surface area contributed by atoms with Crippen molar-refractivity contribution in [3.63, 3.8) is 0 Å². The fourth-order valence-electron chi connectivity index (χ4n) is 3.26. The van der Waals surface area contributed by atoms with Crippen LogP contribution in [-0.2, 0) is 9.53 Å². The van der Waals surface area contributed by atoms with Crippen LogP contribution in [0.25, 0.3) is 10.2 Å². The van der Waals surface area contributed by atoms with Crippen molar-refractivity contribution in [3.8, 4) is 0 Å². The SMILES string of the molecule is CC(C(=O)Nc1ccc2nc(N3CCOCC3)sc2c1)C(N)c1ccccc1.Cl.Cl. The van der Waals surface area contributed by atoms with Crippen LogP contribution in [0.15, 0.2) is 48.5 Å². The predicted molar refractivity (Wildman–Crippen MR) is 128 cm³/mol. The van der Waals surface area contributed by atoms with Gasteiger partial charge in [-0.15, -0.1) is 24.8 Å². The number of nitrogens with zero attached hydrogens (tertiary/aromatic N) is 2. The van der Waals surface area contributed by atoms with Crippen molar-refractivity contribution in [1.29, 1.82) is 0 Å². The number of ether oxygens (including phenoxy) is 1. The fraction of sp³-hybridized carbons (Fsp3) is 0.333. The third kappa shape index (κ3) is 5.42. The Morgan fingerprint density at radius 3 is 2.57 bits per heavy atom. The maximum Gasteiger partial charge on any atom is 0.229 e. The summed E-state index contributed by atoms with van der Waals surface area (Å²) in [6.45, 7) is 5.04. The predicted octanol–water partition coefficient (Wildman–Crippen LogP) is 4.25. The number of anilines is 2. The first-order valence-electron chi connectivity index (χ1n) is 9.46. The van der Waals surface area contributed by atoms with Crippen LogP contribution in [0.3, 0.4) is 0 Å². The van der Waals surface area contributed by atoms with E-state index in [1.54, 1.807) is 11.3 Å². The van der Waals surface area contributed by atoms with E-state index in [4.69, 9.17) is 15.5 Å². The number of carbonyl (C=O) groups is 1. The Labute approximate surface area is 192 Å². The van der Waals surface area contributed by atoms with Crippen molar-refractivity contribution >= 4 is 63.1 Å². The van der Waals surface area contributed by atoms with Gasteiger partial charge >= 0.3 is 0 Å². The lowest BCUT2D eigenvalue weighted by Gasteiger charge is -2.25. The van der Waals surface area contributed by atoms with Gasteiger partial charge in [0.25, 0.3) is 0 Å². The summed E-state index contributed by atoms with van der Waals surface area (Å²) in [6.07, 6.45) is 0. The lowest BCUT2D eigenvalue weighted by Crippen LogP contribution is -2.36. The average molecular weight is 469 g/mol. The number of morpholine rings is 1.